The largest absolute Gasteiger partial charge is 0.349 e. The summed E-state index contributed by atoms with van der Waals surface area (Å²) in [4.78, 5) is 11.8. The van der Waals surface area contributed by atoms with Crippen molar-refractivity contribution < 1.29 is 4.79 Å². The molecule has 0 spiro atoms. The molecule has 0 aliphatic carbocycles. The van der Waals surface area contributed by atoms with Gasteiger partial charge in [-0.2, -0.15) is 5.26 Å². The Morgan fingerprint density at radius 2 is 2.31 bits per heavy atom. The van der Waals surface area contributed by atoms with Crippen molar-refractivity contribution in [1.29, 1.82) is 5.26 Å². The monoisotopic (exact) mass is 236 g/mol. The van der Waals surface area contributed by atoms with Crippen LogP contribution in [0.1, 0.15) is 29.3 Å². The molecule has 0 radical (unpaired) electrons. The highest BCUT2D eigenvalue weighted by Gasteiger charge is 2.13. The number of hydrogen-bond donors (Lipinski definition) is 1. The number of nitrogens with one attached hydrogen (secondary N) is 1. The lowest BCUT2D eigenvalue weighted by molar-refractivity contribution is 0.0941. The third-order valence-electron chi connectivity index (χ3n) is 2.21. The summed E-state index contributed by atoms with van der Waals surface area (Å²) in [5.41, 5.74) is 1.31. The first kappa shape index (κ1) is 12.5. The van der Waals surface area contributed by atoms with Crippen molar-refractivity contribution >= 4 is 17.5 Å². The number of hydrogen-bond acceptors (Lipinski definition) is 2. The first-order valence-electron chi connectivity index (χ1n) is 4.99. The SMILES string of the molecule is Cc1cccc(C(=O)NC(C)CC#N)c1Cl. The highest BCUT2D eigenvalue weighted by Crippen LogP contribution is 2.20. The molecule has 4 heteroatoms. The van der Waals surface area contributed by atoms with Crippen LogP contribution in [0.25, 0.3) is 0 Å². The van der Waals surface area contributed by atoms with E-state index >= 15 is 0 Å². The zero-order chi connectivity index (χ0) is 12.1. The second kappa shape index (κ2) is 5.53. The number of halogens is 1. The number of nitriles is 1. The van der Waals surface area contributed by atoms with E-state index in [1.54, 1.807) is 19.1 Å². The molecular weight excluding hydrogens is 224 g/mol. The first-order valence-corrected chi connectivity index (χ1v) is 5.37. The van der Waals surface area contributed by atoms with Crippen LogP contribution >= 0.6 is 11.6 Å². The van der Waals surface area contributed by atoms with Crippen LogP contribution in [0.3, 0.4) is 0 Å². The Balaban J connectivity index is 2.82. The number of benzene rings is 1. The highest BCUT2D eigenvalue weighted by atomic mass is 35.5. The molecule has 3 nitrogen and oxygen atoms in total. The summed E-state index contributed by atoms with van der Waals surface area (Å²) in [6.45, 7) is 3.63. The molecule has 84 valence electrons. The Morgan fingerprint density at radius 1 is 1.62 bits per heavy atom. The van der Waals surface area contributed by atoms with Crippen molar-refractivity contribution in [2.45, 2.75) is 26.3 Å². The second-order valence-electron chi connectivity index (χ2n) is 3.67. The maximum absolute atomic E-state index is 11.8. The number of carbonyl (C=O) groups is 1. The van der Waals surface area contributed by atoms with E-state index in [9.17, 15) is 4.79 Å². The average Bonchev–Trinajstić information content (AvgIpc) is 2.22. The first-order chi connectivity index (χ1) is 7.56. The smallest absolute Gasteiger partial charge is 0.253 e. The van der Waals surface area contributed by atoms with Crippen molar-refractivity contribution in [3.63, 3.8) is 0 Å². The zero-order valence-corrected chi connectivity index (χ0v) is 10.0. The van der Waals surface area contributed by atoms with E-state index in [-0.39, 0.29) is 18.4 Å². The third kappa shape index (κ3) is 2.98. The molecule has 0 aromatic heterocycles. The molecule has 16 heavy (non-hydrogen) atoms. The molecule has 0 fully saturated rings. The summed E-state index contributed by atoms with van der Waals surface area (Å²) in [5, 5.41) is 11.7. The van der Waals surface area contributed by atoms with E-state index in [1.807, 2.05) is 19.1 Å². The van der Waals surface area contributed by atoms with Gasteiger partial charge in [-0.15, -0.1) is 0 Å². The molecule has 0 heterocycles. The van der Waals surface area contributed by atoms with Crippen LogP contribution in [-0.2, 0) is 0 Å². The Morgan fingerprint density at radius 3 is 2.94 bits per heavy atom. The van der Waals surface area contributed by atoms with Crippen LogP contribution in [0.2, 0.25) is 5.02 Å². The zero-order valence-electron chi connectivity index (χ0n) is 9.25. The van der Waals surface area contributed by atoms with Gasteiger partial charge in [0.25, 0.3) is 5.91 Å². The minimum Gasteiger partial charge on any atom is -0.349 e. The van der Waals surface area contributed by atoms with E-state index in [0.29, 0.717) is 10.6 Å². The molecule has 0 aliphatic heterocycles. The van der Waals surface area contributed by atoms with E-state index in [2.05, 4.69) is 5.32 Å². The summed E-state index contributed by atoms with van der Waals surface area (Å²) >= 11 is 6.02. The normalized spacial score (nSPS) is 11.6. The van der Waals surface area contributed by atoms with E-state index < -0.39 is 0 Å². The van der Waals surface area contributed by atoms with Gasteiger partial charge < -0.3 is 5.32 Å². The van der Waals surface area contributed by atoms with Crippen LogP contribution < -0.4 is 5.32 Å². The van der Waals surface area contributed by atoms with Crippen molar-refractivity contribution in [3.8, 4) is 6.07 Å². The fourth-order valence-corrected chi connectivity index (χ4v) is 1.52. The fraction of sp³-hybridized carbons (Fsp3) is 0.333. The topological polar surface area (TPSA) is 52.9 Å². The van der Waals surface area contributed by atoms with Crippen LogP contribution in [-0.4, -0.2) is 11.9 Å². The standard InChI is InChI=1S/C12H13ClN2O/c1-8-4-3-5-10(11(8)13)12(16)15-9(2)6-7-14/h3-5,9H,6H2,1-2H3,(H,15,16). The van der Waals surface area contributed by atoms with Gasteiger partial charge in [0, 0.05) is 6.04 Å². The molecule has 0 aliphatic rings. The van der Waals surface area contributed by atoms with Crippen molar-refractivity contribution in [2.75, 3.05) is 0 Å². The number of nitrogens with zero attached hydrogens (tertiary/aromatic N) is 1. The quantitative estimate of drug-likeness (QED) is 0.877. The lowest BCUT2D eigenvalue weighted by Crippen LogP contribution is -2.32. The fourth-order valence-electron chi connectivity index (χ4n) is 1.31. The number of carbonyl (C=O) groups excluding carboxylic acids is 1. The number of aryl methyl sites for hydroxylation is 1. The molecule has 0 saturated carbocycles. The lowest BCUT2D eigenvalue weighted by atomic mass is 10.1. The van der Waals surface area contributed by atoms with Gasteiger partial charge >= 0.3 is 0 Å². The van der Waals surface area contributed by atoms with E-state index in [0.717, 1.165) is 5.56 Å². The predicted octanol–water partition coefficient (Wildman–Crippen LogP) is 2.68. The molecule has 0 bridgehead atoms. The van der Waals surface area contributed by atoms with E-state index in [1.165, 1.54) is 0 Å². The van der Waals surface area contributed by atoms with Crippen molar-refractivity contribution in [1.82, 2.24) is 5.32 Å². The minimum absolute atomic E-state index is 0.172. The van der Waals surface area contributed by atoms with Gasteiger partial charge in [-0.1, -0.05) is 23.7 Å². The van der Waals surface area contributed by atoms with Gasteiger partial charge in [-0.05, 0) is 25.5 Å². The minimum atomic E-state index is -0.239. The maximum Gasteiger partial charge on any atom is 0.253 e. The van der Waals surface area contributed by atoms with Crippen LogP contribution in [0, 0.1) is 18.3 Å². The van der Waals surface area contributed by atoms with Gasteiger partial charge in [-0.25, -0.2) is 0 Å². The van der Waals surface area contributed by atoms with Crippen LogP contribution in [0.4, 0.5) is 0 Å². The molecular formula is C12H13ClN2O. The Bertz CT molecular complexity index is 437. The second-order valence-corrected chi connectivity index (χ2v) is 4.05. The third-order valence-corrected chi connectivity index (χ3v) is 2.71. The highest BCUT2D eigenvalue weighted by molar-refractivity contribution is 6.34. The molecule has 1 rings (SSSR count). The van der Waals surface area contributed by atoms with E-state index in [4.69, 9.17) is 16.9 Å². The summed E-state index contributed by atoms with van der Waals surface area (Å²) in [5.74, 6) is -0.239. The summed E-state index contributed by atoms with van der Waals surface area (Å²) < 4.78 is 0. The van der Waals surface area contributed by atoms with Crippen molar-refractivity contribution in [2.24, 2.45) is 0 Å². The summed E-state index contributed by atoms with van der Waals surface area (Å²) in [6.07, 6.45) is 0.287. The van der Waals surface area contributed by atoms with Gasteiger partial charge in [0.1, 0.15) is 0 Å². The Kier molecular flexibility index (Phi) is 4.33. The molecule has 1 aromatic rings. The molecule has 1 N–H and O–H groups in total. The summed E-state index contributed by atoms with van der Waals surface area (Å²) in [7, 11) is 0. The molecule has 0 saturated heterocycles. The number of rotatable bonds is 3. The van der Waals surface area contributed by atoms with Gasteiger partial charge in [-0.3, -0.25) is 4.79 Å². The Hall–Kier alpha value is -1.53. The Labute approximate surface area is 100 Å². The maximum atomic E-state index is 11.8. The molecule has 1 aromatic carbocycles. The average molecular weight is 237 g/mol. The molecule has 1 amide bonds. The lowest BCUT2D eigenvalue weighted by Gasteiger charge is -2.11. The molecule has 1 unspecified atom stereocenters. The van der Waals surface area contributed by atoms with Gasteiger partial charge in [0.2, 0.25) is 0 Å². The van der Waals surface area contributed by atoms with Gasteiger partial charge in [0.05, 0.1) is 23.1 Å². The van der Waals surface area contributed by atoms with Crippen LogP contribution in [0.5, 0.6) is 0 Å². The summed E-state index contributed by atoms with van der Waals surface area (Å²) in [6, 6.07) is 7.13. The number of amides is 1. The predicted molar refractivity (Wildman–Crippen MR) is 63.3 cm³/mol. The van der Waals surface area contributed by atoms with Crippen molar-refractivity contribution in [3.05, 3.63) is 34.3 Å². The van der Waals surface area contributed by atoms with Crippen LogP contribution in [0.15, 0.2) is 18.2 Å². The van der Waals surface area contributed by atoms with Gasteiger partial charge in [0.15, 0.2) is 0 Å². The molecule has 1 atom stereocenters.